The molecule has 0 amide bonds. The SMILES string of the molecule is Clc1cc(Br)ccc1CNc1ncncc1Cl. The Bertz CT molecular complexity index is 534. The Balaban J connectivity index is 2.10. The fourth-order valence-corrected chi connectivity index (χ4v) is 2.20. The van der Waals surface area contributed by atoms with Gasteiger partial charge in [-0.05, 0) is 17.7 Å². The van der Waals surface area contributed by atoms with Crippen molar-refractivity contribution in [3.05, 3.63) is 50.8 Å². The lowest BCUT2D eigenvalue weighted by Crippen LogP contribution is -2.02. The van der Waals surface area contributed by atoms with Crippen LogP contribution in [0.15, 0.2) is 35.2 Å². The molecular weight excluding hydrogens is 325 g/mol. The van der Waals surface area contributed by atoms with Crippen molar-refractivity contribution in [3.8, 4) is 0 Å². The van der Waals surface area contributed by atoms with Crippen molar-refractivity contribution in [1.82, 2.24) is 9.97 Å². The zero-order valence-electron chi connectivity index (χ0n) is 8.62. The van der Waals surface area contributed by atoms with Crippen molar-refractivity contribution in [2.24, 2.45) is 0 Å². The first kappa shape index (κ1) is 12.6. The zero-order valence-corrected chi connectivity index (χ0v) is 11.7. The van der Waals surface area contributed by atoms with E-state index in [2.05, 4.69) is 31.2 Å². The van der Waals surface area contributed by atoms with Crippen LogP contribution in [0.4, 0.5) is 5.82 Å². The summed E-state index contributed by atoms with van der Waals surface area (Å²) in [5, 5.41) is 4.29. The maximum Gasteiger partial charge on any atom is 0.148 e. The molecule has 0 saturated carbocycles. The van der Waals surface area contributed by atoms with Gasteiger partial charge in [0.25, 0.3) is 0 Å². The van der Waals surface area contributed by atoms with Crippen molar-refractivity contribution in [3.63, 3.8) is 0 Å². The summed E-state index contributed by atoms with van der Waals surface area (Å²) < 4.78 is 0.950. The smallest absolute Gasteiger partial charge is 0.148 e. The molecule has 1 aromatic carbocycles. The number of anilines is 1. The van der Waals surface area contributed by atoms with E-state index in [0.717, 1.165) is 10.0 Å². The number of nitrogens with one attached hydrogen (secondary N) is 1. The maximum absolute atomic E-state index is 6.10. The Hall–Kier alpha value is -0.840. The van der Waals surface area contributed by atoms with Crippen molar-refractivity contribution in [1.29, 1.82) is 0 Å². The van der Waals surface area contributed by atoms with E-state index in [4.69, 9.17) is 23.2 Å². The van der Waals surface area contributed by atoms with Crippen LogP contribution in [0.25, 0.3) is 0 Å². The van der Waals surface area contributed by atoms with E-state index in [1.807, 2.05) is 18.2 Å². The van der Waals surface area contributed by atoms with E-state index < -0.39 is 0 Å². The van der Waals surface area contributed by atoms with Gasteiger partial charge in [0.05, 0.1) is 6.20 Å². The van der Waals surface area contributed by atoms with Crippen LogP contribution in [-0.2, 0) is 6.54 Å². The van der Waals surface area contributed by atoms with Crippen LogP contribution in [-0.4, -0.2) is 9.97 Å². The molecule has 2 aromatic rings. The third kappa shape index (κ3) is 3.31. The predicted molar refractivity (Wildman–Crippen MR) is 73.5 cm³/mol. The van der Waals surface area contributed by atoms with E-state index >= 15 is 0 Å². The number of rotatable bonds is 3. The van der Waals surface area contributed by atoms with Crippen LogP contribution in [0, 0.1) is 0 Å². The molecule has 0 aliphatic rings. The minimum Gasteiger partial charge on any atom is -0.365 e. The molecule has 6 heteroatoms. The molecule has 1 heterocycles. The number of aromatic nitrogens is 2. The molecular formula is C11H8BrCl2N3. The molecule has 0 atom stereocenters. The second-order valence-corrected chi connectivity index (χ2v) is 5.04. The van der Waals surface area contributed by atoms with Gasteiger partial charge >= 0.3 is 0 Å². The van der Waals surface area contributed by atoms with Crippen LogP contribution < -0.4 is 5.32 Å². The Labute approximate surface area is 117 Å². The fraction of sp³-hybridized carbons (Fsp3) is 0.0909. The van der Waals surface area contributed by atoms with Gasteiger partial charge in [-0.15, -0.1) is 0 Å². The molecule has 1 N–H and O–H groups in total. The molecule has 0 fully saturated rings. The summed E-state index contributed by atoms with van der Waals surface area (Å²) in [6.07, 6.45) is 2.98. The van der Waals surface area contributed by atoms with Crippen LogP contribution >= 0.6 is 39.1 Å². The van der Waals surface area contributed by atoms with Gasteiger partial charge in [0.15, 0.2) is 0 Å². The van der Waals surface area contributed by atoms with E-state index in [-0.39, 0.29) is 0 Å². The van der Waals surface area contributed by atoms with Crippen LogP contribution in [0.1, 0.15) is 5.56 Å². The summed E-state index contributed by atoms with van der Waals surface area (Å²) in [7, 11) is 0. The van der Waals surface area contributed by atoms with Gasteiger partial charge in [0.2, 0.25) is 0 Å². The van der Waals surface area contributed by atoms with E-state index in [9.17, 15) is 0 Å². The van der Waals surface area contributed by atoms with Crippen molar-refractivity contribution < 1.29 is 0 Å². The van der Waals surface area contributed by atoms with Gasteiger partial charge in [-0.2, -0.15) is 0 Å². The summed E-state index contributed by atoms with van der Waals surface area (Å²) in [5.74, 6) is 0.598. The van der Waals surface area contributed by atoms with Gasteiger partial charge in [0, 0.05) is 16.0 Å². The lowest BCUT2D eigenvalue weighted by Gasteiger charge is -2.08. The quantitative estimate of drug-likeness (QED) is 0.917. The lowest BCUT2D eigenvalue weighted by atomic mass is 10.2. The van der Waals surface area contributed by atoms with Gasteiger partial charge in [-0.3, -0.25) is 0 Å². The van der Waals surface area contributed by atoms with E-state index in [1.54, 1.807) is 6.20 Å². The Kier molecular flexibility index (Phi) is 4.20. The molecule has 0 saturated heterocycles. The highest BCUT2D eigenvalue weighted by Gasteiger charge is 2.04. The number of nitrogens with zero attached hydrogens (tertiary/aromatic N) is 2. The Morgan fingerprint density at radius 2 is 2.06 bits per heavy atom. The first-order valence-corrected chi connectivity index (χ1v) is 6.35. The minimum absolute atomic E-state index is 0.487. The maximum atomic E-state index is 6.10. The number of benzene rings is 1. The molecule has 0 aliphatic carbocycles. The molecule has 88 valence electrons. The van der Waals surface area contributed by atoms with Gasteiger partial charge < -0.3 is 5.32 Å². The van der Waals surface area contributed by atoms with Crippen LogP contribution in [0.3, 0.4) is 0 Å². The normalized spacial score (nSPS) is 10.3. The molecule has 0 radical (unpaired) electrons. The molecule has 0 spiro atoms. The standard InChI is InChI=1S/C11H8BrCl2N3/c12-8-2-1-7(9(13)3-8)4-16-11-10(14)5-15-6-17-11/h1-3,5-6H,4H2,(H,15,16,17). The summed E-state index contributed by atoms with van der Waals surface area (Å²) in [5.41, 5.74) is 0.976. The lowest BCUT2D eigenvalue weighted by molar-refractivity contribution is 1.08. The predicted octanol–water partition coefficient (Wildman–Crippen LogP) is 4.16. The van der Waals surface area contributed by atoms with Crippen molar-refractivity contribution >= 4 is 44.9 Å². The molecule has 1 aromatic heterocycles. The largest absolute Gasteiger partial charge is 0.365 e. The fourth-order valence-electron chi connectivity index (χ4n) is 1.29. The van der Waals surface area contributed by atoms with Crippen LogP contribution in [0.2, 0.25) is 10.0 Å². The Morgan fingerprint density at radius 3 is 2.76 bits per heavy atom. The average molecular weight is 333 g/mol. The van der Waals surface area contributed by atoms with Gasteiger partial charge in [-0.1, -0.05) is 45.2 Å². The average Bonchev–Trinajstić information content (AvgIpc) is 2.30. The third-order valence-corrected chi connectivity index (χ3v) is 3.25. The monoisotopic (exact) mass is 331 g/mol. The first-order valence-electron chi connectivity index (χ1n) is 4.80. The second-order valence-electron chi connectivity index (χ2n) is 3.31. The van der Waals surface area contributed by atoms with E-state index in [0.29, 0.717) is 22.4 Å². The molecule has 2 rings (SSSR count). The van der Waals surface area contributed by atoms with Crippen molar-refractivity contribution in [2.75, 3.05) is 5.32 Å². The minimum atomic E-state index is 0.487. The molecule has 0 bridgehead atoms. The summed E-state index contributed by atoms with van der Waals surface area (Å²) in [6, 6.07) is 5.72. The van der Waals surface area contributed by atoms with Gasteiger partial charge in [-0.25, -0.2) is 9.97 Å². The number of hydrogen-bond acceptors (Lipinski definition) is 3. The van der Waals surface area contributed by atoms with Crippen molar-refractivity contribution in [2.45, 2.75) is 6.54 Å². The molecule has 0 aliphatic heterocycles. The number of halogens is 3. The third-order valence-electron chi connectivity index (χ3n) is 2.13. The zero-order chi connectivity index (χ0) is 12.3. The highest BCUT2D eigenvalue weighted by Crippen LogP contribution is 2.23. The molecule has 0 unspecified atom stereocenters. The summed E-state index contributed by atoms with van der Waals surface area (Å²) in [4.78, 5) is 7.85. The first-order chi connectivity index (χ1) is 8.16. The van der Waals surface area contributed by atoms with Crippen LogP contribution in [0.5, 0.6) is 0 Å². The second kappa shape index (κ2) is 5.67. The summed E-state index contributed by atoms with van der Waals surface area (Å²) >= 11 is 15.4. The molecule has 3 nitrogen and oxygen atoms in total. The topological polar surface area (TPSA) is 37.8 Å². The highest BCUT2D eigenvalue weighted by atomic mass is 79.9. The van der Waals surface area contributed by atoms with E-state index in [1.165, 1.54) is 6.33 Å². The Morgan fingerprint density at radius 1 is 1.24 bits per heavy atom. The summed E-state index contributed by atoms with van der Waals surface area (Å²) in [6.45, 7) is 0.558. The molecule has 17 heavy (non-hydrogen) atoms. The number of hydrogen-bond donors (Lipinski definition) is 1. The van der Waals surface area contributed by atoms with Gasteiger partial charge in [0.1, 0.15) is 17.2 Å². The highest BCUT2D eigenvalue weighted by molar-refractivity contribution is 9.10.